The first-order chi connectivity index (χ1) is 6.31. The van der Waals surface area contributed by atoms with Crippen LogP contribution in [-0.2, 0) is 6.54 Å². The molecular formula is C7H9N5S. The smallest absolute Gasteiger partial charge is 0.214 e. The summed E-state index contributed by atoms with van der Waals surface area (Å²) in [5.74, 6) is 1.58. The highest BCUT2D eigenvalue weighted by Gasteiger charge is 2.06. The van der Waals surface area contributed by atoms with E-state index in [1.54, 1.807) is 6.20 Å². The highest BCUT2D eigenvalue weighted by molar-refractivity contribution is 7.08. The molecule has 2 N–H and O–H groups in total. The summed E-state index contributed by atoms with van der Waals surface area (Å²) in [7, 11) is 0. The molecule has 5 nitrogen and oxygen atoms in total. The fraction of sp³-hybridized carbons (Fsp3) is 0.286. The highest BCUT2D eigenvalue weighted by atomic mass is 32.1. The van der Waals surface area contributed by atoms with Crippen molar-refractivity contribution in [2.45, 2.75) is 13.5 Å². The third kappa shape index (κ3) is 1.45. The van der Waals surface area contributed by atoms with Crippen molar-refractivity contribution in [3.63, 3.8) is 0 Å². The van der Waals surface area contributed by atoms with Gasteiger partial charge in [0.2, 0.25) is 5.13 Å². The zero-order chi connectivity index (χ0) is 9.26. The normalized spacial score (nSPS) is 10.6. The van der Waals surface area contributed by atoms with Crippen LogP contribution in [0.4, 0.5) is 0 Å². The van der Waals surface area contributed by atoms with Gasteiger partial charge in [0, 0.05) is 23.9 Å². The Labute approximate surface area is 79.4 Å². The van der Waals surface area contributed by atoms with Crippen LogP contribution < -0.4 is 5.73 Å². The van der Waals surface area contributed by atoms with E-state index in [0.29, 0.717) is 6.54 Å². The summed E-state index contributed by atoms with van der Waals surface area (Å²) in [6.07, 6.45) is 3.54. The van der Waals surface area contributed by atoms with E-state index in [0.717, 1.165) is 16.8 Å². The number of hydrogen-bond acceptors (Lipinski definition) is 5. The minimum absolute atomic E-state index is 0.408. The monoisotopic (exact) mass is 195 g/mol. The van der Waals surface area contributed by atoms with Crippen molar-refractivity contribution in [3.05, 3.63) is 24.0 Å². The van der Waals surface area contributed by atoms with Crippen molar-refractivity contribution in [1.82, 2.24) is 18.9 Å². The van der Waals surface area contributed by atoms with Crippen molar-refractivity contribution in [1.29, 1.82) is 0 Å². The van der Waals surface area contributed by atoms with E-state index < -0.39 is 0 Å². The van der Waals surface area contributed by atoms with Gasteiger partial charge in [-0.05, 0) is 6.92 Å². The standard InChI is InChI=1S/C7H9N5S/c1-5-10-7(13-11-5)12-3-2-9-6(12)4-8/h2-3H,4,8H2,1H3. The molecule has 68 valence electrons. The van der Waals surface area contributed by atoms with Gasteiger partial charge >= 0.3 is 0 Å². The Morgan fingerprint density at radius 1 is 1.62 bits per heavy atom. The molecule has 2 heterocycles. The van der Waals surface area contributed by atoms with Gasteiger partial charge in [0.05, 0.1) is 6.54 Å². The van der Waals surface area contributed by atoms with Crippen molar-refractivity contribution in [2.75, 3.05) is 0 Å². The molecule has 0 aliphatic carbocycles. The zero-order valence-electron chi connectivity index (χ0n) is 7.14. The summed E-state index contributed by atoms with van der Waals surface area (Å²) in [5.41, 5.74) is 5.51. The van der Waals surface area contributed by atoms with E-state index in [4.69, 9.17) is 5.73 Å². The van der Waals surface area contributed by atoms with Crippen molar-refractivity contribution in [2.24, 2.45) is 5.73 Å². The van der Waals surface area contributed by atoms with Crippen LogP contribution in [0.25, 0.3) is 5.13 Å². The summed E-state index contributed by atoms with van der Waals surface area (Å²) < 4.78 is 5.94. The van der Waals surface area contributed by atoms with Crippen LogP contribution in [0, 0.1) is 6.92 Å². The van der Waals surface area contributed by atoms with Crippen LogP contribution in [0.1, 0.15) is 11.6 Å². The molecule has 2 rings (SSSR count). The molecule has 0 unspecified atom stereocenters. The number of rotatable bonds is 2. The second-order valence-electron chi connectivity index (χ2n) is 2.54. The number of hydrogen-bond donors (Lipinski definition) is 1. The molecule has 0 amide bonds. The number of nitrogens with two attached hydrogens (primary N) is 1. The summed E-state index contributed by atoms with van der Waals surface area (Å²) in [6.45, 7) is 2.27. The van der Waals surface area contributed by atoms with Crippen molar-refractivity contribution >= 4 is 11.5 Å². The Hall–Kier alpha value is -1.27. The molecule has 0 aromatic carbocycles. The lowest BCUT2D eigenvalue weighted by Gasteiger charge is -1.98. The van der Waals surface area contributed by atoms with E-state index in [9.17, 15) is 0 Å². The summed E-state index contributed by atoms with van der Waals surface area (Å²) in [6, 6.07) is 0. The molecule has 0 radical (unpaired) electrons. The maximum Gasteiger partial charge on any atom is 0.214 e. The average Bonchev–Trinajstić information content (AvgIpc) is 2.71. The lowest BCUT2D eigenvalue weighted by atomic mass is 10.6. The Bertz CT molecular complexity index is 404. The van der Waals surface area contributed by atoms with E-state index in [1.165, 1.54) is 11.5 Å². The van der Waals surface area contributed by atoms with Crippen molar-refractivity contribution in [3.8, 4) is 5.13 Å². The second kappa shape index (κ2) is 3.23. The largest absolute Gasteiger partial charge is 0.324 e. The van der Waals surface area contributed by atoms with Gasteiger partial charge in [-0.3, -0.25) is 4.57 Å². The summed E-state index contributed by atoms with van der Waals surface area (Å²) >= 11 is 1.34. The first-order valence-corrected chi connectivity index (χ1v) is 4.61. The average molecular weight is 195 g/mol. The maximum absolute atomic E-state index is 5.51. The minimum atomic E-state index is 0.408. The van der Waals surface area contributed by atoms with Crippen LogP contribution in [0.15, 0.2) is 12.4 Å². The maximum atomic E-state index is 5.51. The van der Waals surface area contributed by atoms with Gasteiger partial charge in [-0.1, -0.05) is 0 Å². The summed E-state index contributed by atoms with van der Waals surface area (Å²) in [4.78, 5) is 8.33. The molecular weight excluding hydrogens is 186 g/mol. The molecule has 0 saturated heterocycles. The second-order valence-corrected chi connectivity index (χ2v) is 3.27. The molecule has 2 aromatic heterocycles. The molecule has 13 heavy (non-hydrogen) atoms. The van der Waals surface area contributed by atoms with E-state index >= 15 is 0 Å². The molecule has 0 aliphatic rings. The van der Waals surface area contributed by atoms with Gasteiger partial charge in [-0.2, -0.15) is 4.37 Å². The molecule has 0 spiro atoms. The number of aromatic nitrogens is 4. The third-order valence-electron chi connectivity index (χ3n) is 1.62. The SMILES string of the molecule is Cc1nsc(-n2ccnc2CN)n1. The summed E-state index contributed by atoms with van der Waals surface area (Å²) in [5, 5.41) is 0.815. The van der Waals surface area contributed by atoms with Crippen LogP contribution >= 0.6 is 11.5 Å². The Balaban J connectivity index is 2.45. The van der Waals surface area contributed by atoms with Crippen LogP contribution in [-0.4, -0.2) is 18.9 Å². The fourth-order valence-electron chi connectivity index (χ4n) is 1.04. The van der Waals surface area contributed by atoms with E-state index in [2.05, 4.69) is 14.3 Å². The molecule has 0 bridgehead atoms. The predicted molar refractivity (Wildman–Crippen MR) is 49.7 cm³/mol. The quantitative estimate of drug-likeness (QED) is 0.757. The Morgan fingerprint density at radius 3 is 3.08 bits per heavy atom. The van der Waals surface area contributed by atoms with Crippen LogP contribution in [0.3, 0.4) is 0 Å². The van der Waals surface area contributed by atoms with Gasteiger partial charge in [-0.25, -0.2) is 9.97 Å². The van der Waals surface area contributed by atoms with Gasteiger partial charge in [0.25, 0.3) is 0 Å². The molecule has 0 fully saturated rings. The Morgan fingerprint density at radius 2 is 2.46 bits per heavy atom. The predicted octanol–water partition coefficient (Wildman–Crippen LogP) is 0.491. The van der Waals surface area contributed by atoms with Crippen molar-refractivity contribution < 1.29 is 0 Å². The Kier molecular flexibility index (Phi) is 2.07. The minimum Gasteiger partial charge on any atom is -0.324 e. The first kappa shape index (κ1) is 8.33. The topological polar surface area (TPSA) is 69.6 Å². The molecule has 0 atom stereocenters. The molecule has 2 aromatic rings. The lowest BCUT2D eigenvalue weighted by Crippen LogP contribution is -2.05. The highest BCUT2D eigenvalue weighted by Crippen LogP contribution is 2.12. The van der Waals surface area contributed by atoms with E-state index in [1.807, 2.05) is 17.7 Å². The van der Waals surface area contributed by atoms with E-state index in [-0.39, 0.29) is 0 Å². The number of imidazole rings is 1. The lowest BCUT2D eigenvalue weighted by molar-refractivity contribution is 0.858. The van der Waals surface area contributed by atoms with Gasteiger partial charge < -0.3 is 5.73 Å². The molecule has 0 aliphatic heterocycles. The number of aryl methyl sites for hydroxylation is 1. The molecule has 6 heteroatoms. The van der Waals surface area contributed by atoms with Gasteiger partial charge in [-0.15, -0.1) is 0 Å². The van der Waals surface area contributed by atoms with Crippen LogP contribution in [0.5, 0.6) is 0 Å². The first-order valence-electron chi connectivity index (χ1n) is 3.84. The van der Waals surface area contributed by atoms with Crippen LogP contribution in [0.2, 0.25) is 0 Å². The third-order valence-corrected chi connectivity index (χ3v) is 2.43. The number of nitrogens with zero attached hydrogens (tertiary/aromatic N) is 4. The van der Waals surface area contributed by atoms with Gasteiger partial charge in [0.15, 0.2) is 0 Å². The fourth-order valence-corrected chi connectivity index (χ4v) is 1.73. The molecule has 0 saturated carbocycles. The zero-order valence-corrected chi connectivity index (χ0v) is 7.95. The van der Waals surface area contributed by atoms with Gasteiger partial charge in [0.1, 0.15) is 11.6 Å².